The van der Waals surface area contributed by atoms with Crippen LogP contribution in [0.5, 0.6) is 5.75 Å². The van der Waals surface area contributed by atoms with E-state index in [9.17, 15) is 4.79 Å². The molecule has 0 aliphatic rings. The molecule has 0 saturated heterocycles. The molecule has 1 aromatic heterocycles. The van der Waals surface area contributed by atoms with E-state index >= 15 is 0 Å². The van der Waals surface area contributed by atoms with Crippen molar-refractivity contribution in [3.8, 4) is 5.75 Å². The molecule has 0 unspecified atom stereocenters. The summed E-state index contributed by atoms with van der Waals surface area (Å²) < 4.78 is 12.0. The Morgan fingerprint density at radius 1 is 1.15 bits per heavy atom. The number of rotatable bonds is 8. The molecule has 7 nitrogen and oxygen atoms in total. The smallest absolute Gasteiger partial charge is 0.262 e. The van der Waals surface area contributed by atoms with Gasteiger partial charge in [-0.1, -0.05) is 24.3 Å². The Hall–Kier alpha value is -3.19. The van der Waals surface area contributed by atoms with Crippen LogP contribution < -0.4 is 15.7 Å². The number of aromatic nitrogens is 2. The molecule has 3 aromatic rings. The maximum atomic E-state index is 12.8. The van der Waals surface area contributed by atoms with Gasteiger partial charge in [0.25, 0.3) is 5.56 Å². The molecule has 2 aromatic carbocycles. The van der Waals surface area contributed by atoms with Crippen molar-refractivity contribution >= 4 is 23.1 Å². The number of hydrazone groups is 1. The Kier molecular flexibility index (Phi) is 6.17. The summed E-state index contributed by atoms with van der Waals surface area (Å²) in [6.07, 6.45) is 2.33. The Morgan fingerprint density at radius 2 is 1.93 bits per heavy atom. The Bertz CT molecular complexity index is 998. The molecule has 0 bridgehead atoms. The second kappa shape index (κ2) is 8.95. The molecule has 0 atom stereocenters. The predicted molar refractivity (Wildman–Crippen MR) is 107 cm³/mol. The second-order valence-corrected chi connectivity index (χ2v) is 5.87. The van der Waals surface area contributed by atoms with Gasteiger partial charge in [0, 0.05) is 25.8 Å². The molecule has 0 radical (unpaired) electrons. The summed E-state index contributed by atoms with van der Waals surface area (Å²) in [5, 5.41) is 4.83. The van der Waals surface area contributed by atoms with E-state index in [1.807, 2.05) is 42.5 Å². The summed E-state index contributed by atoms with van der Waals surface area (Å²) in [6, 6.07) is 14.8. The van der Waals surface area contributed by atoms with Gasteiger partial charge in [-0.3, -0.25) is 9.36 Å². The van der Waals surface area contributed by atoms with E-state index < -0.39 is 0 Å². The molecule has 0 spiro atoms. The third kappa shape index (κ3) is 4.32. The third-order valence-corrected chi connectivity index (χ3v) is 4.10. The number of nitrogens with one attached hydrogen (secondary N) is 1. The zero-order valence-corrected chi connectivity index (χ0v) is 15.4. The molecular formula is C20H22N4O3. The topological polar surface area (TPSA) is 77.7 Å². The first-order valence-corrected chi connectivity index (χ1v) is 8.65. The van der Waals surface area contributed by atoms with Gasteiger partial charge in [-0.05, 0) is 30.7 Å². The lowest BCUT2D eigenvalue weighted by atomic mass is 10.2. The largest absolute Gasteiger partial charge is 0.496 e. The summed E-state index contributed by atoms with van der Waals surface area (Å²) in [6.45, 7) is 1.04. The third-order valence-electron chi connectivity index (χ3n) is 4.10. The van der Waals surface area contributed by atoms with Gasteiger partial charge in [0.1, 0.15) is 5.75 Å². The number of hydrogen-bond acceptors (Lipinski definition) is 6. The lowest BCUT2D eigenvalue weighted by Crippen LogP contribution is -2.24. The first-order chi connectivity index (χ1) is 13.2. The van der Waals surface area contributed by atoms with Crippen molar-refractivity contribution in [2.45, 2.75) is 13.0 Å². The predicted octanol–water partition coefficient (Wildman–Crippen LogP) is 2.89. The maximum absolute atomic E-state index is 12.8. The van der Waals surface area contributed by atoms with Crippen LogP contribution in [0.2, 0.25) is 0 Å². The fourth-order valence-corrected chi connectivity index (χ4v) is 2.76. The van der Waals surface area contributed by atoms with Crippen LogP contribution in [-0.4, -0.2) is 36.6 Å². The van der Waals surface area contributed by atoms with Crippen molar-refractivity contribution in [2.24, 2.45) is 5.10 Å². The molecule has 0 fully saturated rings. The van der Waals surface area contributed by atoms with Gasteiger partial charge in [-0.2, -0.15) is 5.10 Å². The number of fused-ring (bicyclic) bond motifs is 1. The van der Waals surface area contributed by atoms with E-state index in [-0.39, 0.29) is 5.56 Å². The minimum atomic E-state index is -0.105. The number of anilines is 1. The van der Waals surface area contributed by atoms with Gasteiger partial charge >= 0.3 is 0 Å². The van der Waals surface area contributed by atoms with Crippen molar-refractivity contribution in [1.29, 1.82) is 0 Å². The van der Waals surface area contributed by atoms with Gasteiger partial charge in [0.2, 0.25) is 5.95 Å². The lowest BCUT2D eigenvalue weighted by Gasteiger charge is -2.12. The number of ether oxygens (including phenoxy) is 2. The monoisotopic (exact) mass is 366 g/mol. The Morgan fingerprint density at radius 3 is 2.74 bits per heavy atom. The van der Waals surface area contributed by atoms with Crippen molar-refractivity contribution in [1.82, 2.24) is 9.55 Å². The molecular weight excluding hydrogens is 344 g/mol. The van der Waals surface area contributed by atoms with Crippen LogP contribution in [0.3, 0.4) is 0 Å². The van der Waals surface area contributed by atoms with E-state index in [1.165, 1.54) is 0 Å². The number of methoxy groups -OCH3 is 2. The van der Waals surface area contributed by atoms with Gasteiger partial charge in [0.05, 0.1) is 24.2 Å². The SMILES string of the molecule is COCCCn1c(N/N=C\c2ccccc2OC)nc2ccccc2c1=O. The molecule has 7 heteroatoms. The molecule has 0 aliphatic heterocycles. The highest BCUT2D eigenvalue weighted by Crippen LogP contribution is 2.15. The highest BCUT2D eigenvalue weighted by atomic mass is 16.5. The number of nitrogens with zero attached hydrogens (tertiary/aromatic N) is 3. The average molecular weight is 366 g/mol. The quantitative estimate of drug-likeness (QED) is 0.377. The molecule has 3 rings (SSSR count). The second-order valence-electron chi connectivity index (χ2n) is 5.87. The fraction of sp³-hybridized carbons (Fsp3) is 0.250. The lowest BCUT2D eigenvalue weighted by molar-refractivity contribution is 0.190. The van der Waals surface area contributed by atoms with Crippen molar-refractivity contribution in [3.63, 3.8) is 0 Å². The van der Waals surface area contributed by atoms with Crippen LogP contribution >= 0.6 is 0 Å². The van der Waals surface area contributed by atoms with E-state index in [0.29, 0.717) is 42.2 Å². The van der Waals surface area contributed by atoms with E-state index in [1.54, 1.807) is 31.1 Å². The van der Waals surface area contributed by atoms with Crippen molar-refractivity contribution in [3.05, 3.63) is 64.4 Å². The van der Waals surface area contributed by atoms with Crippen LogP contribution in [0.4, 0.5) is 5.95 Å². The Labute approximate surface area is 157 Å². The minimum Gasteiger partial charge on any atom is -0.496 e. The summed E-state index contributed by atoms with van der Waals surface area (Å²) in [7, 11) is 3.25. The van der Waals surface area contributed by atoms with Gasteiger partial charge in [-0.15, -0.1) is 0 Å². The van der Waals surface area contributed by atoms with Gasteiger partial charge in [0.15, 0.2) is 0 Å². The standard InChI is InChI=1S/C20H22N4O3/c1-26-13-7-12-24-19(25)16-9-4-5-10-17(16)22-20(24)23-21-14-15-8-3-6-11-18(15)27-2/h3-6,8-11,14H,7,12-13H2,1-2H3,(H,22,23)/b21-14-. The average Bonchev–Trinajstić information content (AvgIpc) is 2.70. The van der Waals surface area contributed by atoms with Crippen molar-refractivity contribution in [2.75, 3.05) is 26.3 Å². The van der Waals surface area contributed by atoms with Crippen LogP contribution in [0.25, 0.3) is 10.9 Å². The van der Waals surface area contributed by atoms with Crippen LogP contribution in [-0.2, 0) is 11.3 Å². The summed E-state index contributed by atoms with van der Waals surface area (Å²) in [4.78, 5) is 17.4. The molecule has 1 heterocycles. The summed E-state index contributed by atoms with van der Waals surface area (Å²) in [5.41, 5.74) is 4.24. The van der Waals surface area contributed by atoms with Crippen molar-refractivity contribution < 1.29 is 9.47 Å². The zero-order chi connectivity index (χ0) is 19.1. The highest BCUT2D eigenvalue weighted by molar-refractivity contribution is 5.84. The number of para-hydroxylation sites is 2. The van der Waals surface area contributed by atoms with E-state index in [2.05, 4.69) is 15.5 Å². The van der Waals surface area contributed by atoms with Gasteiger partial charge in [-0.25, -0.2) is 10.4 Å². The molecule has 0 saturated carbocycles. The molecule has 0 amide bonds. The molecule has 140 valence electrons. The van der Waals surface area contributed by atoms with Crippen LogP contribution in [0.15, 0.2) is 58.4 Å². The van der Waals surface area contributed by atoms with E-state index in [0.717, 1.165) is 5.56 Å². The minimum absolute atomic E-state index is 0.105. The number of benzene rings is 2. The Balaban J connectivity index is 1.93. The zero-order valence-electron chi connectivity index (χ0n) is 15.4. The van der Waals surface area contributed by atoms with Crippen LogP contribution in [0.1, 0.15) is 12.0 Å². The number of hydrogen-bond donors (Lipinski definition) is 1. The van der Waals surface area contributed by atoms with E-state index in [4.69, 9.17) is 9.47 Å². The summed E-state index contributed by atoms with van der Waals surface area (Å²) in [5.74, 6) is 1.10. The molecule has 1 N–H and O–H groups in total. The molecule has 0 aliphatic carbocycles. The van der Waals surface area contributed by atoms with Gasteiger partial charge < -0.3 is 9.47 Å². The summed E-state index contributed by atoms with van der Waals surface area (Å²) >= 11 is 0. The maximum Gasteiger partial charge on any atom is 0.262 e. The first-order valence-electron chi connectivity index (χ1n) is 8.65. The molecule has 27 heavy (non-hydrogen) atoms. The highest BCUT2D eigenvalue weighted by Gasteiger charge is 2.10. The van der Waals surface area contributed by atoms with Crippen LogP contribution in [0, 0.1) is 0 Å². The first kappa shape index (κ1) is 18.6. The normalized spacial score (nSPS) is 11.2. The fourth-order valence-electron chi connectivity index (χ4n) is 2.76.